The highest BCUT2D eigenvalue weighted by molar-refractivity contribution is 6.74. The molecule has 0 aliphatic heterocycles. The van der Waals surface area contributed by atoms with Crippen molar-refractivity contribution in [1.29, 1.82) is 0 Å². The summed E-state index contributed by atoms with van der Waals surface area (Å²) >= 11 is 0. The van der Waals surface area contributed by atoms with Gasteiger partial charge in [-0.25, -0.2) is 0 Å². The third-order valence-corrected chi connectivity index (χ3v) is 10.2. The van der Waals surface area contributed by atoms with Crippen molar-refractivity contribution < 1.29 is 14.3 Å². The van der Waals surface area contributed by atoms with Crippen molar-refractivity contribution in [2.45, 2.75) is 58.2 Å². The fourth-order valence-electron chi connectivity index (χ4n) is 3.02. The molecule has 4 heteroatoms. The van der Waals surface area contributed by atoms with Gasteiger partial charge in [0.05, 0.1) is 5.92 Å². The largest absolute Gasteiger partial charge is 0.544 e. The Balaban J connectivity index is 2.35. The summed E-state index contributed by atoms with van der Waals surface area (Å²) in [6.07, 6.45) is 2.08. The van der Waals surface area contributed by atoms with E-state index in [0.29, 0.717) is 6.42 Å². The van der Waals surface area contributed by atoms with Crippen molar-refractivity contribution in [2.75, 3.05) is 0 Å². The summed E-state index contributed by atoms with van der Waals surface area (Å²) in [5.41, 5.74) is 3.94. The molecule has 1 atom stereocenters. The van der Waals surface area contributed by atoms with E-state index < -0.39 is 20.2 Å². The summed E-state index contributed by atoms with van der Waals surface area (Å²) in [7, 11) is -1.87. The van der Waals surface area contributed by atoms with Gasteiger partial charge < -0.3 is 9.53 Å². The highest BCUT2D eigenvalue weighted by Crippen LogP contribution is 2.38. The molecular weight excluding hydrogens is 364 g/mol. The SMILES string of the molecule is C=CCC(C(=O)O)c1cccc(-c2ccc(O[Si](C)(C)C(C)(C)C)cc2)c1C. The van der Waals surface area contributed by atoms with Gasteiger partial charge in [0.25, 0.3) is 0 Å². The van der Waals surface area contributed by atoms with Crippen LogP contribution in [0.2, 0.25) is 18.1 Å². The molecule has 0 saturated heterocycles. The Labute approximate surface area is 170 Å². The van der Waals surface area contributed by atoms with Crippen molar-refractivity contribution in [3.63, 3.8) is 0 Å². The van der Waals surface area contributed by atoms with E-state index >= 15 is 0 Å². The number of benzene rings is 2. The molecule has 3 nitrogen and oxygen atoms in total. The number of hydrogen-bond donors (Lipinski definition) is 1. The van der Waals surface area contributed by atoms with Crippen molar-refractivity contribution in [3.05, 3.63) is 66.2 Å². The predicted molar refractivity (Wildman–Crippen MR) is 120 cm³/mol. The van der Waals surface area contributed by atoms with Crippen LogP contribution in [0, 0.1) is 6.92 Å². The molecule has 0 saturated carbocycles. The van der Waals surface area contributed by atoms with Gasteiger partial charge in [0.1, 0.15) is 5.75 Å². The van der Waals surface area contributed by atoms with Crippen LogP contribution in [-0.2, 0) is 4.79 Å². The molecule has 0 fully saturated rings. The quantitative estimate of drug-likeness (QED) is 0.414. The number of carbonyl (C=O) groups is 1. The Kier molecular flexibility index (Phi) is 6.55. The number of hydrogen-bond acceptors (Lipinski definition) is 2. The number of aliphatic carboxylic acids is 1. The molecule has 0 amide bonds. The van der Waals surface area contributed by atoms with Crippen LogP contribution in [0.25, 0.3) is 11.1 Å². The fraction of sp³-hybridized carbons (Fsp3) is 0.375. The average Bonchev–Trinajstić information content (AvgIpc) is 2.59. The maximum atomic E-state index is 11.7. The summed E-state index contributed by atoms with van der Waals surface area (Å²) in [5, 5.41) is 9.74. The lowest BCUT2D eigenvalue weighted by molar-refractivity contribution is -0.138. The summed E-state index contributed by atoms with van der Waals surface area (Å²) in [5.74, 6) is -0.504. The maximum Gasteiger partial charge on any atom is 0.311 e. The summed E-state index contributed by atoms with van der Waals surface area (Å²) in [6.45, 7) is 16.8. The van der Waals surface area contributed by atoms with Gasteiger partial charge in [0.15, 0.2) is 0 Å². The van der Waals surface area contributed by atoms with Gasteiger partial charge in [-0.3, -0.25) is 4.79 Å². The Morgan fingerprint density at radius 3 is 2.29 bits per heavy atom. The van der Waals surface area contributed by atoms with Gasteiger partial charge in [0, 0.05) is 0 Å². The molecule has 2 aromatic rings. The molecular formula is C24H32O3Si. The molecule has 28 heavy (non-hydrogen) atoms. The Bertz CT molecular complexity index is 845. The molecule has 2 rings (SSSR count). The number of carboxylic acid groups (broad SMARTS) is 1. The molecule has 0 bridgehead atoms. The van der Waals surface area contributed by atoms with Crippen LogP contribution in [0.15, 0.2) is 55.1 Å². The topological polar surface area (TPSA) is 46.5 Å². The zero-order valence-corrected chi connectivity index (χ0v) is 18.9. The van der Waals surface area contributed by atoms with E-state index in [0.717, 1.165) is 28.0 Å². The van der Waals surface area contributed by atoms with E-state index in [9.17, 15) is 9.90 Å². The molecule has 2 aromatic carbocycles. The molecule has 0 aromatic heterocycles. The first-order valence-electron chi connectivity index (χ1n) is 9.70. The zero-order valence-electron chi connectivity index (χ0n) is 17.9. The Morgan fingerprint density at radius 2 is 1.79 bits per heavy atom. The number of rotatable bonds is 7. The molecule has 0 radical (unpaired) electrons. The van der Waals surface area contributed by atoms with E-state index in [1.165, 1.54) is 0 Å². The van der Waals surface area contributed by atoms with Crippen LogP contribution in [0.3, 0.4) is 0 Å². The van der Waals surface area contributed by atoms with Gasteiger partial charge >= 0.3 is 5.97 Å². The van der Waals surface area contributed by atoms with Crippen LogP contribution in [-0.4, -0.2) is 19.4 Å². The highest BCUT2D eigenvalue weighted by atomic mass is 28.4. The summed E-state index contributed by atoms with van der Waals surface area (Å²) in [6, 6.07) is 14.0. The first-order valence-corrected chi connectivity index (χ1v) is 12.6. The maximum absolute atomic E-state index is 11.7. The first kappa shape index (κ1) is 22.0. The second kappa shape index (κ2) is 8.35. The van der Waals surface area contributed by atoms with Gasteiger partial charge in [-0.1, -0.05) is 57.2 Å². The van der Waals surface area contributed by atoms with E-state index in [2.05, 4.69) is 52.6 Å². The van der Waals surface area contributed by atoms with Crippen molar-refractivity contribution in [3.8, 4) is 16.9 Å². The monoisotopic (exact) mass is 396 g/mol. The minimum absolute atomic E-state index is 0.146. The minimum atomic E-state index is -1.87. The molecule has 0 spiro atoms. The van der Waals surface area contributed by atoms with Crippen LogP contribution < -0.4 is 4.43 Å². The molecule has 0 heterocycles. The van der Waals surface area contributed by atoms with Gasteiger partial charge in [-0.05, 0) is 65.9 Å². The average molecular weight is 397 g/mol. The third-order valence-electron chi connectivity index (χ3n) is 5.80. The van der Waals surface area contributed by atoms with Gasteiger partial charge in [0.2, 0.25) is 8.32 Å². The van der Waals surface area contributed by atoms with Crippen LogP contribution in [0.4, 0.5) is 0 Å². The summed E-state index contributed by atoms with van der Waals surface area (Å²) < 4.78 is 6.36. The second-order valence-corrected chi connectivity index (χ2v) is 13.5. The standard InChI is InChI=1S/C24H32O3Si/c1-8-10-22(23(25)26)21-12-9-11-20(17(21)2)18-13-15-19(16-14-18)27-28(6,7)24(3,4)5/h8-9,11-16,22H,1,10H2,2-7H3,(H,25,26). The zero-order chi connectivity index (χ0) is 21.1. The fourth-order valence-corrected chi connectivity index (χ4v) is 4.05. The van der Waals surface area contributed by atoms with E-state index in [4.69, 9.17) is 4.43 Å². The Morgan fingerprint density at radius 1 is 1.18 bits per heavy atom. The predicted octanol–water partition coefficient (Wildman–Crippen LogP) is 6.79. The highest BCUT2D eigenvalue weighted by Gasteiger charge is 2.38. The molecule has 0 aliphatic carbocycles. The van der Waals surface area contributed by atoms with E-state index in [1.807, 2.05) is 37.3 Å². The van der Waals surface area contributed by atoms with Crippen molar-refractivity contribution >= 4 is 14.3 Å². The number of carboxylic acids is 1. The lowest BCUT2D eigenvalue weighted by Crippen LogP contribution is -2.43. The number of allylic oxidation sites excluding steroid dienone is 1. The third kappa shape index (κ3) is 4.74. The normalized spacial score (nSPS) is 13.1. The molecule has 150 valence electrons. The lowest BCUT2D eigenvalue weighted by atomic mass is 9.88. The molecule has 0 aliphatic rings. The first-order chi connectivity index (χ1) is 13.0. The molecule has 1 unspecified atom stereocenters. The van der Waals surface area contributed by atoms with Crippen LogP contribution in [0.1, 0.15) is 44.2 Å². The van der Waals surface area contributed by atoms with Crippen molar-refractivity contribution in [2.24, 2.45) is 0 Å². The van der Waals surface area contributed by atoms with Gasteiger partial charge in [-0.15, -0.1) is 6.58 Å². The van der Waals surface area contributed by atoms with E-state index in [-0.39, 0.29) is 5.04 Å². The smallest absolute Gasteiger partial charge is 0.311 e. The van der Waals surface area contributed by atoms with Crippen LogP contribution >= 0.6 is 0 Å². The lowest BCUT2D eigenvalue weighted by Gasteiger charge is -2.36. The Hall–Kier alpha value is -2.33. The van der Waals surface area contributed by atoms with Crippen molar-refractivity contribution in [1.82, 2.24) is 0 Å². The summed E-state index contributed by atoms with van der Waals surface area (Å²) in [4.78, 5) is 11.7. The van der Waals surface area contributed by atoms with Gasteiger partial charge in [-0.2, -0.15) is 0 Å². The second-order valence-electron chi connectivity index (χ2n) is 8.82. The van der Waals surface area contributed by atoms with Crippen LogP contribution in [0.5, 0.6) is 5.75 Å². The van der Waals surface area contributed by atoms with E-state index in [1.54, 1.807) is 6.08 Å². The molecule has 1 N–H and O–H groups in total. The minimum Gasteiger partial charge on any atom is -0.544 e.